The number of aliphatic hydroxyl groups is 1. The van der Waals surface area contributed by atoms with Crippen molar-refractivity contribution in [1.29, 1.82) is 0 Å². The Morgan fingerprint density at radius 2 is 1.86 bits per heavy atom. The van der Waals surface area contributed by atoms with Crippen molar-refractivity contribution in [3.05, 3.63) is 35.4 Å². The van der Waals surface area contributed by atoms with Crippen LogP contribution in [0.4, 0.5) is 13.2 Å². The Labute approximate surface area is 121 Å². The summed E-state index contributed by atoms with van der Waals surface area (Å²) in [5.41, 5.74) is 0.0218. The lowest BCUT2D eigenvalue weighted by Crippen LogP contribution is -2.35. The molecule has 116 valence electrons. The monoisotopic (exact) mass is 301 g/mol. The first kappa shape index (κ1) is 15.8. The Bertz CT molecular complexity index is 481. The quantitative estimate of drug-likeness (QED) is 0.877. The van der Waals surface area contributed by atoms with Gasteiger partial charge >= 0.3 is 6.18 Å². The Morgan fingerprint density at radius 3 is 2.33 bits per heavy atom. The van der Waals surface area contributed by atoms with Gasteiger partial charge in [-0.15, -0.1) is 0 Å². The molecule has 0 aromatic heterocycles. The van der Waals surface area contributed by atoms with Crippen LogP contribution in [-0.4, -0.2) is 35.1 Å². The molecule has 1 amide bonds. The summed E-state index contributed by atoms with van der Waals surface area (Å²) in [6, 6.07) is 5.11. The SMILES string of the molecule is O=C(CCc1ccc(C(F)(F)F)cc1)N(CCO)C1CC1. The molecule has 1 aromatic rings. The van der Waals surface area contributed by atoms with Crippen LogP contribution in [0.1, 0.15) is 30.4 Å². The van der Waals surface area contributed by atoms with E-state index in [4.69, 9.17) is 5.11 Å². The number of amides is 1. The maximum atomic E-state index is 12.4. The predicted molar refractivity (Wildman–Crippen MR) is 71.6 cm³/mol. The van der Waals surface area contributed by atoms with Gasteiger partial charge in [0.1, 0.15) is 0 Å². The standard InChI is InChI=1S/C15H18F3NO2/c16-15(17,18)12-4-1-11(2-5-12)3-8-14(21)19(9-10-20)13-6-7-13/h1-2,4-5,13,20H,3,6-10H2. The molecule has 1 aliphatic carbocycles. The average molecular weight is 301 g/mol. The molecule has 21 heavy (non-hydrogen) atoms. The number of aliphatic hydroxyl groups excluding tert-OH is 1. The third kappa shape index (κ3) is 4.46. The number of hydrogen-bond acceptors (Lipinski definition) is 2. The van der Waals surface area contributed by atoms with E-state index in [1.165, 1.54) is 12.1 Å². The zero-order valence-electron chi connectivity index (χ0n) is 11.6. The fourth-order valence-corrected chi connectivity index (χ4v) is 2.26. The normalized spacial score (nSPS) is 15.0. The predicted octanol–water partition coefficient (Wildman–Crippen LogP) is 2.62. The average Bonchev–Trinajstić information content (AvgIpc) is 3.26. The third-order valence-corrected chi connectivity index (χ3v) is 3.56. The smallest absolute Gasteiger partial charge is 0.395 e. The summed E-state index contributed by atoms with van der Waals surface area (Å²) in [4.78, 5) is 13.7. The second-order valence-electron chi connectivity index (χ2n) is 5.24. The molecule has 6 heteroatoms. The molecular formula is C15H18F3NO2. The molecule has 0 heterocycles. The number of rotatable bonds is 6. The van der Waals surface area contributed by atoms with Gasteiger partial charge in [-0.25, -0.2) is 0 Å². The van der Waals surface area contributed by atoms with Crippen molar-refractivity contribution in [2.75, 3.05) is 13.2 Å². The number of nitrogens with zero attached hydrogens (tertiary/aromatic N) is 1. The van der Waals surface area contributed by atoms with Gasteiger partial charge in [0.25, 0.3) is 0 Å². The van der Waals surface area contributed by atoms with E-state index in [9.17, 15) is 18.0 Å². The zero-order chi connectivity index (χ0) is 15.5. The van der Waals surface area contributed by atoms with Gasteiger partial charge in [0.2, 0.25) is 5.91 Å². The number of carbonyl (C=O) groups is 1. The molecule has 0 aliphatic heterocycles. The van der Waals surface area contributed by atoms with E-state index in [-0.39, 0.29) is 25.0 Å². The Morgan fingerprint density at radius 1 is 1.24 bits per heavy atom. The Hall–Kier alpha value is -1.56. The Balaban J connectivity index is 1.88. The van der Waals surface area contributed by atoms with E-state index < -0.39 is 11.7 Å². The van der Waals surface area contributed by atoms with Crippen LogP contribution in [0, 0.1) is 0 Å². The minimum Gasteiger partial charge on any atom is -0.395 e. The maximum Gasteiger partial charge on any atom is 0.416 e. The van der Waals surface area contributed by atoms with E-state index >= 15 is 0 Å². The summed E-state index contributed by atoms with van der Waals surface area (Å²) in [5.74, 6) is -0.0496. The van der Waals surface area contributed by atoms with E-state index in [0.29, 0.717) is 18.5 Å². The van der Waals surface area contributed by atoms with E-state index in [0.717, 1.165) is 25.0 Å². The van der Waals surface area contributed by atoms with Crippen molar-refractivity contribution in [3.8, 4) is 0 Å². The van der Waals surface area contributed by atoms with E-state index in [1.54, 1.807) is 4.90 Å². The Kier molecular flexibility index (Phi) is 4.88. The number of carbonyl (C=O) groups excluding carboxylic acids is 1. The second kappa shape index (κ2) is 6.47. The molecule has 0 bridgehead atoms. The molecule has 3 nitrogen and oxygen atoms in total. The van der Waals surface area contributed by atoms with Gasteiger partial charge in [0, 0.05) is 19.0 Å². The van der Waals surface area contributed by atoms with Crippen LogP contribution in [0.5, 0.6) is 0 Å². The van der Waals surface area contributed by atoms with Gasteiger partial charge in [0.05, 0.1) is 12.2 Å². The molecule has 0 atom stereocenters. The number of aryl methyl sites for hydroxylation is 1. The van der Waals surface area contributed by atoms with Gasteiger partial charge in [-0.05, 0) is 37.0 Å². The molecule has 0 spiro atoms. The summed E-state index contributed by atoms with van der Waals surface area (Å²) in [7, 11) is 0. The molecule has 0 saturated heterocycles. The minimum absolute atomic E-state index is 0.0496. The molecule has 0 radical (unpaired) electrons. The van der Waals surface area contributed by atoms with Crippen LogP contribution in [-0.2, 0) is 17.4 Å². The number of benzene rings is 1. The van der Waals surface area contributed by atoms with Crippen LogP contribution >= 0.6 is 0 Å². The van der Waals surface area contributed by atoms with Gasteiger partial charge in [-0.3, -0.25) is 4.79 Å². The van der Waals surface area contributed by atoms with Gasteiger partial charge in [-0.1, -0.05) is 12.1 Å². The second-order valence-corrected chi connectivity index (χ2v) is 5.24. The first-order valence-corrected chi connectivity index (χ1v) is 6.98. The lowest BCUT2D eigenvalue weighted by molar-refractivity contribution is -0.137. The van der Waals surface area contributed by atoms with Crippen molar-refractivity contribution in [1.82, 2.24) is 4.90 Å². The van der Waals surface area contributed by atoms with Gasteiger partial charge in [-0.2, -0.15) is 13.2 Å². The summed E-state index contributed by atoms with van der Waals surface area (Å²) < 4.78 is 37.3. The molecule has 1 aromatic carbocycles. The lowest BCUT2D eigenvalue weighted by Gasteiger charge is -2.21. The molecule has 1 N–H and O–H groups in total. The largest absolute Gasteiger partial charge is 0.416 e. The zero-order valence-corrected chi connectivity index (χ0v) is 11.6. The fourth-order valence-electron chi connectivity index (χ4n) is 2.26. The van der Waals surface area contributed by atoms with Crippen LogP contribution in [0.2, 0.25) is 0 Å². The number of hydrogen-bond donors (Lipinski definition) is 1. The molecule has 1 fully saturated rings. The van der Waals surface area contributed by atoms with Crippen molar-refractivity contribution in [2.45, 2.75) is 37.9 Å². The van der Waals surface area contributed by atoms with Crippen LogP contribution < -0.4 is 0 Å². The van der Waals surface area contributed by atoms with E-state index in [1.807, 2.05) is 0 Å². The van der Waals surface area contributed by atoms with Crippen molar-refractivity contribution < 1.29 is 23.1 Å². The summed E-state index contributed by atoms with van der Waals surface area (Å²) >= 11 is 0. The first-order chi connectivity index (χ1) is 9.91. The topological polar surface area (TPSA) is 40.5 Å². The van der Waals surface area contributed by atoms with Crippen LogP contribution in [0.15, 0.2) is 24.3 Å². The summed E-state index contributed by atoms with van der Waals surface area (Å²) in [6.07, 6.45) is -1.75. The molecule has 1 saturated carbocycles. The van der Waals surface area contributed by atoms with Crippen molar-refractivity contribution in [3.63, 3.8) is 0 Å². The molecule has 1 aliphatic rings. The molecular weight excluding hydrogens is 283 g/mol. The minimum atomic E-state index is -4.34. The molecule has 2 rings (SSSR count). The highest BCUT2D eigenvalue weighted by atomic mass is 19.4. The third-order valence-electron chi connectivity index (χ3n) is 3.56. The van der Waals surface area contributed by atoms with Crippen molar-refractivity contribution in [2.24, 2.45) is 0 Å². The first-order valence-electron chi connectivity index (χ1n) is 6.98. The maximum absolute atomic E-state index is 12.4. The van der Waals surface area contributed by atoms with E-state index in [2.05, 4.69) is 0 Å². The highest BCUT2D eigenvalue weighted by Crippen LogP contribution is 2.29. The van der Waals surface area contributed by atoms with Crippen molar-refractivity contribution >= 4 is 5.91 Å². The summed E-state index contributed by atoms with van der Waals surface area (Å²) in [5, 5.41) is 8.95. The van der Waals surface area contributed by atoms with Crippen LogP contribution in [0.3, 0.4) is 0 Å². The van der Waals surface area contributed by atoms with Gasteiger partial charge in [0.15, 0.2) is 0 Å². The van der Waals surface area contributed by atoms with Crippen LogP contribution in [0.25, 0.3) is 0 Å². The molecule has 0 unspecified atom stereocenters. The number of halogens is 3. The highest BCUT2D eigenvalue weighted by molar-refractivity contribution is 5.77. The summed E-state index contributed by atoms with van der Waals surface area (Å²) in [6.45, 7) is 0.263. The number of alkyl halides is 3. The lowest BCUT2D eigenvalue weighted by atomic mass is 10.1. The highest BCUT2D eigenvalue weighted by Gasteiger charge is 2.32. The van der Waals surface area contributed by atoms with Gasteiger partial charge < -0.3 is 10.0 Å². The fraction of sp³-hybridized carbons (Fsp3) is 0.533.